The van der Waals surface area contributed by atoms with Crippen LogP contribution in [0.25, 0.3) is 0 Å². The fourth-order valence-corrected chi connectivity index (χ4v) is 2.67. The first-order valence-corrected chi connectivity index (χ1v) is 9.35. The van der Waals surface area contributed by atoms with Crippen LogP contribution >= 0.6 is 0 Å². The topological polar surface area (TPSA) is 118 Å². The average molecular weight is 372 g/mol. The molecule has 0 radical (unpaired) electrons. The molecule has 0 unspecified atom stereocenters. The van der Waals surface area contributed by atoms with Crippen LogP contribution in [0.2, 0.25) is 0 Å². The summed E-state index contributed by atoms with van der Waals surface area (Å²) in [6.07, 6.45) is 10.1. The van der Waals surface area contributed by atoms with Crippen LogP contribution in [0.15, 0.2) is 49.6 Å². The predicted octanol–water partition coefficient (Wildman–Crippen LogP) is 0.791. The Labute approximate surface area is 150 Å². The Bertz CT molecular complexity index is 930. The number of nitrogens with zero attached hydrogens (tertiary/aromatic N) is 8. The third kappa shape index (κ3) is 3.88. The normalized spacial score (nSPS) is 11.2. The average Bonchev–Trinajstić information content (AvgIpc) is 2.66. The maximum atomic E-state index is 11.9. The van der Waals surface area contributed by atoms with Crippen molar-refractivity contribution in [1.29, 1.82) is 0 Å². The Morgan fingerprint density at radius 3 is 1.96 bits per heavy atom. The van der Waals surface area contributed by atoms with Gasteiger partial charge in [0.05, 0.1) is 12.8 Å². The first kappa shape index (κ1) is 17.6. The Balaban J connectivity index is 2.04. The van der Waals surface area contributed by atoms with Gasteiger partial charge >= 0.3 is 0 Å². The van der Waals surface area contributed by atoms with Gasteiger partial charge < -0.3 is 4.90 Å². The summed E-state index contributed by atoms with van der Waals surface area (Å²) in [5, 5.41) is 0. The summed E-state index contributed by atoms with van der Waals surface area (Å²) in [7, 11) is -2.05. The van der Waals surface area contributed by atoms with Gasteiger partial charge in [-0.1, -0.05) is 0 Å². The second-order valence-electron chi connectivity index (χ2n) is 5.28. The van der Waals surface area contributed by atoms with Gasteiger partial charge in [-0.3, -0.25) is 9.29 Å². The quantitative estimate of drug-likeness (QED) is 0.618. The highest BCUT2D eigenvalue weighted by Crippen LogP contribution is 2.25. The van der Waals surface area contributed by atoms with Gasteiger partial charge in [0.25, 0.3) is 0 Å². The lowest BCUT2D eigenvalue weighted by atomic mass is 10.3. The van der Waals surface area contributed by atoms with E-state index in [0.29, 0.717) is 17.3 Å². The molecule has 0 bridgehead atoms. The molecule has 3 aromatic heterocycles. The van der Waals surface area contributed by atoms with Crippen LogP contribution in [-0.2, 0) is 16.6 Å². The van der Waals surface area contributed by atoms with Gasteiger partial charge in [0.1, 0.15) is 30.0 Å². The zero-order chi connectivity index (χ0) is 18.6. The van der Waals surface area contributed by atoms with E-state index in [-0.39, 0.29) is 12.4 Å². The van der Waals surface area contributed by atoms with Gasteiger partial charge in [-0.15, -0.1) is 0 Å². The van der Waals surface area contributed by atoms with E-state index in [1.54, 1.807) is 29.4 Å². The van der Waals surface area contributed by atoms with E-state index in [2.05, 4.69) is 29.9 Å². The van der Waals surface area contributed by atoms with Crippen molar-refractivity contribution in [3.05, 3.63) is 55.3 Å². The van der Waals surface area contributed by atoms with Gasteiger partial charge in [0.15, 0.2) is 5.82 Å². The molecule has 0 saturated heterocycles. The van der Waals surface area contributed by atoms with Gasteiger partial charge in [-0.25, -0.2) is 33.3 Å². The third-order valence-corrected chi connectivity index (χ3v) is 4.71. The van der Waals surface area contributed by atoms with E-state index in [1.807, 2.05) is 0 Å². The molecule has 134 valence electrons. The number of hydrogen-bond acceptors (Lipinski definition) is 9. The van der Waals surface area contributed by atoms with E-state index in [9.17, 15) is 8.42 Å². The molecule has 3 aromatic rings. The van der Waals surface area contributed by atoms with Gasteiger partial charge in [-0.2, -0.15) is 0 Å². The van der Waals surface area contributed by atoms with E-state index in [1.165, 1.54) is 32.1 Å². The van der Waals surface area contributed by atoms with Crippen molar-refractivity contribution >= 4 is 27.5 Å². The molecule has 0 fully saturated rings. The van der Waals surface area contributed by atoms with Crippen LogP contribution in [0.3, 0.4) is 0 Å². The second kappa shape index (κ2) is 7.35. The zero-order valence-corrected chi connectivity index (χ0v) is 14.9. The minimum Gasteiger partial charge on any atom is -0.305 e. The smallest absolute Gasteiger partial charge is 0.233 e. The Morgan fingerprint density at radius 2 is 1.46 bits per heavy atom. The zero-order valence-electron chi connectivity index (χ0n) is 14.1. The molecule has 0 N–H and O–H groups in total. The summed E-state index contributed by atoms with van der Waals surface area (Å²) in [4.78, 5) is 26.6. The number of rotatable bonds is 6. The predicted molar refractivity (Wildman–Crippen MR) is 95.2 cm³/mol. The van der Waals surface area contributed by atoms with Crippen LogP contribution < -0.4 is 9.21 Å². The summed E-state index contributed by atoms with van der Waals surface area (Å²) in [6.45, 7) is 0.205. The molecule has 3 rings (SSSR count). The monoisotopic (exact) mass is 372 g/mol. The van der Waals surface area contributed by atoms with Crippen LogP contribution in [-0.4, -0.2) is 51.6 Å². The molecule has 0 spiro atoms. The minimum atomic E-state index is -3.48. The summed E-state index contributed by atoms with van der Waals surface area (Å²) in [6, 6.07) is 3.44. The second-order valence-corrected chi connectivity index (χ2v) is 7.29. The fourth-order valence-electron chi connectivity index (χ4n) is 2.21. The van der Waals surface area contributed by atoms with Crippen molar-refractivity contribution < 1.29 is 8.42 Å². The largest absolute Gasteiger partial charge is 0.305 e. The van der Waals surface area contributed by atoms with E-state index < -0.39 is 10.0 Å². The molecule has 0 aliphatic heterocycles. The van der Waals surface area contributed by atoms with Gasteiger partial charge in [-0.05, 0) is 12.1 Å². The standard InChI is InChI=1S/C15H16N8O2S/c1-22(26(2,24)25)15-12(18-7-8-19-15)9-23(13-3-5-16-10-20-13)14-4-6-17-11-21-14/h3-8,10-11H,9H2,1-2H3. The van der Waals surface area contributed by atoms with Crippen molar-refractivity contribution in [3.63, 3.8) is 0 Å². The molecule has 0 aliphatic carbocycles. The molecule has 0 amide bonds. The molecule has 10 nitrogen and oxygen atoms in total. The molecule has 0 aliphatic rings. The Morgan fingerprint density at radius 1 is 0.885 bits per heavy atom. The first-order valence-electron chi connectivity index (χ1n) is 7.50. The number of anilines is 3. The lowest BCUT2D eigenvalue weighted by molar-refractivity contribution is 0.599. The van der Waals surface area contributed by atoms with Crippen molar-refractivity contribution in [2.45, 2.75) is 6.54 Å². The highest BCUT2D eigenvalue weighted by Gasteiger charge is 2.21. The molecule has 26 heavy (non-hydrogen) atoms. The van der Waals surface area contributed by atoms with E-state index in [0.717, 1.165) is 10.6 Å². The van der Waals surface area contributed by atoms with E-state index >= 15 is 0 Å². The van der Waals surface area contributed by atoms with Crippen molar-refractivity contribution in [2.24, 2.45) is 0 Å². The molecule has 3 heterocycles. The minimum absolute atomic E-state index is 0.205. The fraction of sp³-hybridized carbons (Fsp3) is 0.200. The number of aromatic nitrogens is 6. The summed E-state index contributed by atoms with van der Waals surface area (Å²) < 4.78 is 24.9. The maximum absolute atomic E-state index is 11.9. The highest BCUT2D eigenvalue weighted by molar-refractivity contribution is 7.92. The van der Waals surface area contributed by atoms with Crippen LogP contribution in [0.5, 0.6) is 0 Å². The van der Waals surface area contributed by atoms with Crippen molar-refractivity contribution in [2.75, 3.05) is 22.5 Å². The summed E-state index contributed by atoms with van der Waals surface area (Å²) in [5.74, 6) is 1.40. The van der Waals surface area contributed by atoms with Crippen molar-refractivity contribution in [1.82, 2.24) is 29.9 Å². The molecule has 0 atom stereocenters. The molecule has 0 saturated carbocycles. The molecule has 0 aromatic carbocycles. The Kier molecular flexibility index (Phi) is 4.98. The molecular formula is C15H16N8O2S. The van der Waals surface area contributed by atoms with E-state index in [4.69, 9.17) is 0 Å². The summed E-state index contributed by atoms with van der Waals surface area (Å²) >= 11 is 0. The van der Waals surface area contributed by atoms with Gasteiger partial charge in [0.2, 0.25) is 10.0 Å². The van der Waals surface area contributed by atoms with Crippen LogP contribution in [0.1, 0.15) is 5.69 Å². The SMILES string of the molecule is CN(c1nccnc1CN(c1ccncn1)c1ccncn1)S(C)(=O)=O. The maximum Gasteiger partial charge on any atom is 0.233 e. The lowest BCUT2D eigenvalue weighted by Gasteiger charge is -2.24. The highest BCUT2D eigenvalue weighted by atomic mass is 32.2. The first-order chi connectivity index (χ1) is 12.5. The third-order valence-electron chi connectivity index (χ3n) is 3.54. The summed E-state index contributed by atoms with van der Waals surface area (Å²) in [5.41, 5.74) is 0.456. The molecular weight excluding hydrogens is 356 g/mol. The van der Waals surface area contributed by atoms with Crippen molar-refractivity contribution in [3.8, 4) is 0 Å². The van der Waals surface area contributed by atoms with Crippen LogP contribution in [0, 0.1) is 0 Å². The lowest BCUT2D eigenvalue weighted by Crippen LogP contribution is -2.29. The van der Waals surface area contributed by atoms with Gasteiger partial charge in [0, 0.05) is 31.8 Å². The van der Waals surface area contributed by atoms with Crippen LogP contribution in [0.4, 0.5) is 17.5 Å². The Hall–Kier alpha value is -3.21. The number of sulfonamides is 1. The number of hydrogen-bond donors (Lipinski definition) is 0. The molecule has 11 heteroatoms.